The fraction of sp³-hybridized carbons (Fsp3) is 0.292. The van der Waals surface area contributed by atoms with Gasteiger partial charge in [-0.1, -0.05) is 35.5 Å². The summed E-state index contributed by atoms with van der Waals surface area (Å²) < 4.78 is 5.28. The number of aryl methyl sites for hydroxylation is 1. The quantitative estimate of drug-likeness (QED) is 0.565. The molecule has 1 saturated heterocycles. The van der Waals surface area contributed by atoms with Gasteiger partial charge in [0.25, 0.3) is 5.91 Å². The van der Waals surface area contributed by atoms with Gasteiger partial charge in [-0.3, -0.25) is 9.59 Å². The zero-order valence-electron chi connectivity index (χ0n) is 17.4. The molecule has 6 nitrogen and oxygen atoms in total. The lowest BCUT2D eigenvalue weighted by atomic mass is 9.95. The molecule has 4 rings (SSSR count). The molecule has 0 unspecified atom stereocenters. The van der Waals surface area contributed by atoms with Crippen LogP contribution in [0.4, 0.5) is 5.69 Å². The van der Waals surface area contributed by atoms with E-state index in [1.807, 2.05) is 72.5 Å². The van der Waals surface area contributed by atoms with Gasteiger partial charge >= 0.3 is 0 Å². The first-order valence-corrected chi connectivity index (χ1v) is 11.4. The third-order valence-corrected chi connectivity index (χ3v) is 6.45. The summed E-state index contributed by atoms with van der Waals surface area (Å²) in [4.78, 5) is 28.5. The minimum Gasteiger partial charge on any atom is -0.360 e. The van der Waals surface area contributed by atoms with E-state index in [-0.39, 0.29) is 17.7 Å². The van der Waals surface area contributed by atoms with Crippen molar-refractivity contribution in [2.45, 2.75) is 30.4 Å². The van der Waals surface area contributed by atoms with Crippen LogP contribution in [-0.2, 0) is 10.5 Å². The van der Waals surface area contributed by atoms with Crippen LogP contribution in [0, 0.1) is 12.8 Å². The zero-order chi connectivity index (χ0) is 21.6. The Balaban J connectivity index is 1.35. The molecule has 0 radical (unpaired) electrons. The number of hydrogen-bond acceptors (Lipinski definition) is 5. The highest BCUT2D eigenvalue weighted by Gasteiger charge is 2.28. The largest absolute Gasteiger partial charge is 0.360 e. The molecule has 0 aliphatic carbocycles. The molecule has 0 spiro atoms. The Morgan fingerprint density at radius 1 is 1.10 bits per heavy atom. The Kier molecular flexibility index (Phi) is 6.72. The molecule has 1 aliphatic rings. The second kappa shape index (κ2) is 9.83. The SMILES string of the molecule is Cc1cc(CSc2ccccc2C(=O)N2CCC(C(=O)Nc3ccccc3)CC2)on1. The van der Waals surface area contributed by atoms with Gasteiger partial charge in [0, 0.05) is 35.7 Å². The Labute approximate surface area is 186 Å². The average molecular weight is 436 g/mol. The zero-order valence-corrected chi connectivity index (χ0v) is 18.2. The van der Waals surface area contributed by atoms with E-state index in [4.69, 9.17) is 4.52 Å². The van der Waals surface area contributed by atoms with Crippen LogP contribution in [0.5, 0.6) is 0 Å². The predicted molar refractivity (Wildman–Crippen MR) is 121 cm³/mol. The van der Waals surface area contributed by atoms with Crippen molar-refractivity contribution in [2.24, 2.45) is 5.92 Å². The lowest BCUT2D eigenvalue weighted by Crippen LogP contribution is -2.41. The van der Waals surface area contributed by atoms with Crippen molar-refractivity contribution >= 4 is 29.3 Å². The van der Waals surface area contributed by atoms with Crippen LogP contribution in [0.2, 0.25) is 0 Å². The third-order valence-electron chi connectivity index (χ3n) is 5.36. The van der Waals surface area contributed by atoms with E-state index in [2.05, 4.69) is 10.5 Å². The van der Waals surface area contributed by atoms with Gasteiger partial charge in [-0.25, -0.2) is 0 Å². The van der Waals surface area contributed by atoms with Crippen molar-refractivity contribution in [1.82, 2.24) is 10.1 Å². The van der Waals surface area contributed by atoms with E-state index in [1.165, 1.54) is 0 Å². The van der Waals surface area contributed by atoms with Gasteiger partial charge in [0.15, 0.2) is 0 Å². The summed E-state index contributed by atoms with van der Waals surface area (Å²) in [6.45, 7) is 3.04. The highest BCUT2D eigenvalue weighted by Crippen LogP contribution is 2.29. The van der Waals surface area contributed by atoms with Crippen molar-refractivity contribution in [3.05, 3.63) is 77.7 Å². The van der Waals surface area contributed by atoms with Crippen molar-refractivity contribution in [2.75, 3.05) is 18.4 Å². The van der Waals surface area contributed by atoms with Crippen molar-refractivity contribution in [3.8, 4) is 0 Å². The molecule has 1 N–H and O–H groups in total. The molecule has 0 bridgehead atoms. The number of rotatable bonds is 6. The molecule has 1 aliphatic heterocycles. The molecule has 2 heterocycles. The van der Waals surface area contributed by atoms with Gasteiger partial charge in [-0.15, -0.1) is 11.8 Å². The Morgan fingerprint density at radius 3 is 2.52 bits per heavy atom. The number of para-hydroxylation sites is 1. The summed E-state index contributed by atoms with van der Waals surface area (Å²) in [5.41, 5.74) is 2.34. The number of nitrogens with one attached hydrogen (secondary N) is 1. The molecular weight excluding hydrogens is 410 g/mol. The second-order valence-corrected chi connectivity index (χ2v) is 8.66. The molecule has 0 saturated carbocycles. The molecule has 1 aromatic heterocycles. The van der Waals surface area contributed by atoms with Crippen LogP contribution in [0.3, 0.4) is 0 Å². The van der Waals surface area contributed by atoms with Crippen molar-refractivity contribution < 1.29 is 14.1 Å². The monoisotopic (exact) mass is 435 g/mol. The lowest BCUT2D eigenvalue weighted by molar-refractivity contribution is -0.121. The van der Waals surface area contributed by atoms with Crippen LogP contribution in [-0.4, -0.2) is 35.0 Å². The van der Waals surface area contributed by atoms with Gasteiger partial charge in [0.1, 0.15) is 5.76 Å². The molecular formula is C24H25N3O3S. The molecule has 160 valence electrons. The van der Waals surface area contributed by atoms with Crippen LogP contribution in [0.15, 0.2) is 70.1 Å². The summed E-state index contributed by atoms with van der Waals surface area (Å²) in [6.07, 6.45) is 1.33. The Morgan fingerprint density at radius 2 is 1.81 bits per heavy atom. The number of thioether (sulfide) groups is 1. The summed E-state index contributed by atoms with van der Waals surface area (Å²) >= 11 is 1.57. The summed E-state index contributed by atoms with van der Waals surface area (Å²) in [5, 5.41) is 6.88. The number of carbonyl (C=O) groups is 2. The molecule has 7 heteroatoms. The normalized spacial score (nSPS) is 14.4. The number of amides is 2. The van der Waals surface area contributed by atoms with Crippen molar-refractivity contribution in [1.29, 1.82) is 0 Å². The summed E-state index contributed by atoms with van der Waals surface area (Å²) in [5.74, 6) is 1.36. The van der Waals surface area contributed by atoms with Crippen LogP contribution >= 0.6 is 11.8 Å². The van der Waals surface area contributed by atoms with E-state index in [9.17, 15) is 9.59 Å². The topological polar surface area (TPSA) is 75.4 Å². The van der Waals surface area contributed by atoms with E-state index in [0.29, 0.717) is 37.2 Å². The summed E-state index contributed by atoms with van der Waals surface area (Å²) in [6, 6.07) is 19.0. The maximum absolute atomic E-state index is 13.2. The molecule has 1 fully saturated rings. The molecule has 2 amide bonds. The van der Waals surface area contributed by atoms with Gasteiger partial charge in [0.05, 0.1) is 17.0 Å². The Bertz CT molecular complexity index is 1040. The van der Waals surface area contributed by atoms with Gasteiger partial charge in [0.2, 0.25) is 5.91 Å². The van der Waals surface area contributed by atoms with Crippen LogP contribution < -0.4 is 5.32 Å². The molecule has 31 heavy (non-hydrogen) atoms. The number of piperidine rings is 1. The highest BCUT2D eigenvalue weighted by atomic mass is 32.2. The minimum absolute atomic E-state index is 0.0127. The number of carbonyl (C=O) groups excluding carboxylic acids is 2. The molecule has 3 aromatic rings. The van der Waals surface area contributed by atoms with Gasteiger partial charge < -0.3 is 14.7 Å². The van der Waals surface area contributed by atoms with Crippen molar-refractivity contribution in [3.63, 3.8) is 0 Å². The number of likely N-dealkylation sites (tertiary alicyclic amines) is 1. The minimum atomic E-state index is -0.0800. The van der Waals surface area contributed by atoms with E-state index in [1.54, 1.807) is 11.8 Å². The first-order chi connectivity index (χ1) is 15.1. The molecule has 0 atom stereocenters. The fourth-order valence-electron chi connectivity index (χ4n) is 3.68. The number of benzene rings is 2. The second-order valence-electron chi connectivity index (χ2n) is 7.64. The first kappa shape index (κ1) is 21.2. The maximum atomic E-state index is 13.2. The Hall–Kier alpha value is -3.06. The van der Waals surface area contributed by atoms with E-state index < -0.39 is 0 Å². The smallest absolute Gasteiger partial charge is 0.254 e. The predicted octanol–water partition coefficient (Wildman–Crippen LogP) is 4.77. The highest BCUT2D eigenvalue weighted by molar-refractivity contribution is 7.98. The number of anilines is 1. The maximum Gasteiger partial charge on any atom is 0.254 e. The van der Waals surface area contributed by atoms with Crippen LogP contribution in [0.25, 0.3) is 0 Å². The van der Waals surface area contributed by atoms with Crippen LogP contribution in [0.1, 0.15) is 34.7 Å². The standard InChI is InChI=1S/C24H25N3O3S/c1-17-15-20(30-26-17)16-31-22-10-6-5-9-21(22)24(29)27-13-11-18(12-14-27)23(28)25-19-7-3-2-4-8-19/h2-10,15,18H,11-14,16H2,1H3,(H,25,28). The van der Waals surface area contributed by atoms with E-state index >= 15 is 0 Å². The van der Waals surface area contributed by atoms with E-state index in [0.717, 1.165) is 22.0 Å². The first-order valence-electron chi connectivity index (χ1n) is 10.4. The molecule has 2 aromatic carbocycles. The third kappa shape index (κ3) is 5.35. The summed E-state index contributed by atoms with van der Waals surface area (Å²) in [7, 11) is 0. The number of hydrogen-bond donors (Lipinski definition) is 1. The van der Waals surface area contributed by atoms with Gasteiger partial charge in [-0.05, 0) is 44.0 Å². The van der Waals surface area contributed by atoms with Gasteiger partial charge in [-0.2, -0.15) is 0 Å². The fourth-order valence-corrected chi connectivity index (χ4v) is 4.60. The number of nitrogens with zero attached hydrogens (tertiary/aromatic N) is 2. The number of aromatic nitrogens is 1. The average Bonchev–Trinajstić information content (AvgIpc) is 3.23. The lowest BCUT2D eigenvalue weighted by Gasteiger charge is -2.31.